The molecule has 1 heterocycles. The smallest absolute Gasteiger partial charge is 0.0941 e. The Hall–Kier alpha value is -0.600. The topological polar surface area (TPSA) is 12.9 Å². The van der Waals surface area contributed by atoms with Crippen LogP contribution in [0.25, 0.3) is 10.2 Å². The van der Waals surface area contributed by atoms with Crippen LogP contribution in [0.3, 0.4) is 0 Å². The van der Waals surface area contributed by atoms with Crippen LogP contribution in [-0.4, -0.2) is 10.4 Å². The summed E-state index contributed by atoms with van der Waals surface area (Å²) in [7, 11) is 0. The summed E-state index contributed by atoms with van der Waals surface area (Å²) in [5, 5.41) is 1.67. The fraction of sp³-hybridized carbons (Fsp3) is 0.533. The molecule has 0 aliphatic heterocycles. The molecule has 0 radical (unpaired) electrons. The van der Waals surface area contributed by atoms with Crippen LogP contribution in [0.4, 0.5) is 0 Å². The summed E-state index contributed by atoms with van der Waals surface area (Å²) in [6.45, 7) is 0. The van der Waals surface area contributed by atoms with Gasteiger partial charge in [-0.2, -0.15) is 0 Å². The lowest BCUT2D eigenvalue weighted by Gasteiger charge is -2.14. The second-order valence-corrected chi connectivity index (χ2v) is 7.00. The number of aromatic nitrogens is 1. The van der Waals surface area contributed by atoms with Crippen LogP contribution in [0.1, 0.15) is 37.1 Å². The normalized spacial score (nSPS) is 25.2. The van der Waals surface area contributed by atoms with Gasteiger partial charge in [0.05, 0.1) is 15.2 Å². The number of alkyl halides is 1. The van der Waals surface area contributed by atoms with E-state index in [-0.39, 0.29) is 0 Å². The average Bonchev–Trinajstić information content (AvgIpc) is 2.65. The first-order chi connectivity index (χ1) is 8.81. The maximum Gasteiger partial charge on any atom is 0.0941 e. The molecule has 2 unspecified atom stereocenters. The summed E-state index contributed by atoms with van der Waals surface area (Å²) in [5.41, 5.74) is 1.15. The molecular weight excluding hydrogens is 262 g/mol. The molecule has 1 aliphatic rings. The lowest BCUT2D eigenvalue weighted by molar-refractivity contribution is 0.460. The molecule has 18 heavy (non-hydrogen) atoms. The molecule has 1 aromatic heterocycles. The van der Waals surface area contributed by atoms with Gasteiger partial charge in [0.25, 0.3) is 0 Å². The Bertz CT molecular complexity index is 489. The summed E-state index contributed by atoms with van der Waals surface area (Å²) in [6.07, 6.45) is 7.42. The molecule has 96 valence electrons. The van der Waals surface area contributed by atoms with Gasteiger partial charge >= 0.3 is 0 Å². The molecule has 0 bridgehead atoms. The van der Waals surface area contributed by atoms with Gasteiger partial charge < -0.3 is 0 Å². The number of fused-ring (bicyclic) bond motifs is 1. The predicted molar refractivity (Wildman–Crippen MR) is 79.5 cm³/mol. The van der Waals surface area contributed by atoms with E-state index in [2.05, 4.69) is 24.3 Å². The van der Waals surface area contributed by atoms with Crippen LogP contribution in [0, 0.1) is 5.92 Å². The van der Waals surface area contributed by atoms with Gasteiger partial charge in [0.1, 0.15) is 0 Å². The standard InChI is InChI=1S/C15H18ClNS/c16-12-6-2-1-5-11(9-12)10-15-17-13-7-3-4-8-14(13)18-15/h3-4,7-8,11-12H,1-2,5-6,9-10H2. The van der Waals surface area contributed by atoms with E-state index < -0.39 is 0 Å². The summed E-state index contributed by atoms with van der Waals surface area (Å²) < 4.78 is 1.31. The molecule has 1 aliphatic carbocycles. The highest BCUT2D eigenvalue weighted by molar-refractivity contribution is 7.18. The van der Waals surface area contributed by atoms with Gasteiger partial charge in [-0.05, 0) is 37.3 Å². The van der Waals surface area contributed by atoms with Crippen LogP contribution in [0.5, 0.6) is 0 Å². The van der Waals surface area contributed by atoms with Crippen molar-refractivity contribution in [3.63, 3.8) is 0 Å². The number of hydrogen-bond acceptors (Lipinski definition) is 2. The number of benzene rings is 1. The van der Waals surface area contributed by atoms with E-state index in [4.69, 9.17) is 16.6 Å². The van der Waals surface area contributed by atoms with Gasteiger partial charge in [-0.15, -0.1) is 22.9 Å². The molecule has 0 saturated heterocycles. The third kappa shape index (κ3) is 2.86. The van der Waals surface area contributed by atoms with Crippen LogP contribution in [0.15, 0.2) is 24.3 Å². The lowest BCUT2D eigenvalue weighted by atomic mass is 9.97. The Morgan fingerprint density at radius 1 is 1.22 bits per heavy atom. The Balaban J connectivity index is 1.74. The largest absolute Gasteiger partial charge is 0.241 e. The van der Waals surface area contributed by atoms with Gasteiger partial charge in [0.2, 0.25) is 0 Å². The summed E-state index contributed by atoms with van der Waals surface area (Å²) in [5.74, 6) is 0.732. The molecule has 0 spiro atoms. The summed E-state index contributed by atoms with van der Waals surface area (Å²) in [6, 6.07) is 8.41. The van der Waals surface area contributed by atoms with Gasteiger partial charge in [-0.3, -0.25) is 0 Å². The third-order valence-corrected chi connectivity index (χ3v) is 5.23. The third-order valence-electron chi connectivity index (χ3n) is 3.77. The van der Waals surface area contributed by atoms with Crippen LogP contribution in [-0.2, 0) is 6.42 Å². The number of rotatable bonds is 2. The Labute approximate surface area is 117 Å². The van der Waals surface area contributed by atoms with Gasteiger partial charge in [0.15, 0.2) is 0 Å². The van der Waals surface area contributed by atoms with Crippen molar-refractivity contribution in [2.45, 2.75) is 43.9 Å². The maximum absolute atomic E-state index is 6.34. The molecule has 2 atom stereocenters. The van der Waals surface area contributed by atoms with E-state index in [1.807, 2.05) is 11.3 Å². The van der Waals surface area contributed by atoms with Crippen molar-refractivity contribution in [1.82, 2.24) is 4.98 Å². The minimum Gasteiger partial charge on any atom is -0.241 e. The van der Waals surface area contributed by atoms with Crippen molar-refractivity contribution in [1.29, 1.82) is 0 Å². The number of halogens is 1. The molecule has 2 aromatic rings. The highest BCUT2D eigenvalue weighted by Crippen LogP contribution is 2.31. The maximum atomic E-state index is 6.34. The molecule has 3 rings (SSSR count). The number of hydrogen-bond donors (Lipinski definition) is 0. The molecular formula is C15H18ClNS. The second kappa shape index (κ2) is 5.58. The summed E-state index contributed by atoms with van der Waals surface area (Å²) in [4.78, 5) is 4.74. The zero-order chi connectivity index (χ0) is 12.4. The SMILES string of the molecule is ClC1CCCCC(Cc2nc3ccccc3s2)C1. The van der Waals surface area contributed by atoms with E-state index in [0.29, 0.717) is 5.38 Å². The Morgan fingerprint density at radius 3 is 2.94 bits per heavy atom. The molecule has 1 saturated carbocycles. The highest BCUT2D eigenvalue weighted by atomic mass is 35.5. The fourth-order valence-corrected chi connectivity index (χ4v) is 4.32. The first kappa shape index (κ1) is 12.4. The molecule has 1 fully saturated rings. The van der Waals surface area contributed by atoms with Crippen molar-refractivity contribution in [2.24, 2.45) is 5.92 Å². The highest BCUT2D eigenvalue weighted by Gasteiger charge is 2.20. The average molecular weight is 280 g/mol. The van der Waals surface area contributed by atoms with Crippen LogP contribution >= 0.6 is 22.9 Å². The van der Waals surface area contributed by atoms with E-state index >= 15 is 0 Å². The molecule has 0 amide bonds. The number of nitrogens with zero attached hydrogens (tertiary/aromatic N) is 1. The minimum atomic E-state index is 0.381. The first-order valence-corrected chi connectivity index (χ1v) is 8.05. The van der Waals surface area contributed by atoms with Crippen molar-refractivity contribution in [3.8, 4) is 0 Å². The van der Waals surface area contributed by atoms with Crippen molar-refractivity contribution >= 4 is 33.2 Å². The predicted octanol–water partition coefficient (Wildman–Crippen LogP) is 5.03. The Morgan fingerprint density at radius 2 is 2.06 bits per heavy atom. The molecule has 0 N–H and O–H groups in total. The minimum absolute atomic E-state index is 0.381. The van der Waals surface area contributed by atoms with E-state index in [1.54, 1.807) is 0 Å². The number of thiazole rings is 1. The number of para-hydroxylation sites is 1. The van der Waals surface area contributed by atoms with Crippen molar-refractivity contribution in [3.05, 3.63) is 29.3 Å². The van der Waals surface area contributed by atoms with Crippen LogP contribution < -0.4 is 0 Å². The lowest BCUT2D eigenvalue weighted by Crippen LogP contribution is -2.08. The zero-order valence-corrected chi connectivity index (χ0v) is 12.0. The second-order valence-electron chi connectivity index (χ2n) is 5.26. The monoisotopic (exact) mass is 279 g/mol. The van der Waals surface area contributed by atoms with Gasteiger partial charge in [-0.25, -0.2) is 4.98 Å². The first-order valence-electron chi connectivity index (χ1n) is 6.80. The fourth-order valence-electron chi connectivity index (χ4n) is 2.84. The molecule has 1 aromatic carbocycles. The summed E-state index contributed by atoms with van der Waals surface area (Å²) >= 11 is 8.19. The van der Waals surface area contributed by atoms with Gasteiger partial charge in [-0.1, -0.05) is 25.0 Å². The van der Waals surface area contributed by atoms with Gasteiger partial charge in [0, 0.05) is 11.8 Å². The molecule has 1 nitrogen and oxygen atoms in total. The quantitative estimate of drug-likeness (QED) is 0.555. The van der Waals surface area contributed by atoms with E-state index in [1.165, 1.54) is 35.4 Å². The van der Waals surface area contributed by atoms with Crippen molar-refractivity contribution in [2.75, 3.05) is 0 Å². The molecule has 3 heteroatoms. The zero-order valence-electron chi connectivity index (χ0n) is 10.4. The van der Waals surface area contributed by atoms with Crippen LogP contribution in [0.2, 0.25) is 0 Å². The van der Waals surface area contributed by atoms with E-state index in [9.17, 15) is 0 Å². The Kier molecular flexibility index (Phi) is 3.86. The van der Waals surface area contributed by atoms with E-state index in [0.717, 1.165) is 24.3 Å². The van der Waals surface area contributed by atoms with Crippen molar-refractivity contribution < 1.29 is 0 Å².